The van der Waals surface area contributed by atoms with Crippen molar-refractivity contribution in [2.45, 2.75) is 117 Å². The topological polar surface area (TPSA) is 134 Å². The summed E-state index contributed by atoms with van der Waals surface area (Å²) >= 11 is 1.55. The number of hydrogen-bond donors (Lipinski definition) is 3. The number of Topliss-reactive ketones (excluding diaryl/α,β-unsaturated/α-hetero) is 1. The second-order valence-corrected chi connectivity index (χ2v) is 14.4. The molecule has 3 fully saturated rings. The molecule has 3 aliphatic rings. The first-order chi connectivity index (χ1) is 18.9. The highest BCUT2D eigenvalue weighted by molar-refractivity contribution is 7.15. The van der Waals surface area contributed by atoms with Gasteiger partial charge < -0.3 is 21.3 Å². The third-order valence-electron chi connectivity index (χ3n) is 9.43. The maximum absolute atomic E-state index is 14.4. The number of nitrogens with two attached hydrogens (primary N) is 1. The van der Waals surface area contributed by atoms with Crippen LogP contribution in [0.5, 0.6) is 0 Å². The van der Waals surface area contributed by atoms with Crippen LogP contribution in [0.3, 0.4) is 0 Å². The van der Waals surface area contributed by atoms with Crippen molar-refractivity contribution in [2.24, 2.45) is 28.9 Å². The molecule has 40 heavy (non-hydrogen) atoms. The molecule has 0 radical (unpaired) electrons. The molecule has 2 unspecified atom stereocenters. The fourth-order valence-corrected chi connectivity index (χ4v) is 7.54. The van der Waals surface area contributed by atoms with E-state index < -0.39 is 29.8 Å². The average molecular weight is 574 g/mol. The number of nitrogens with zero attached hydrogens (tertiary/aromatic N) is 2. The van der Waals surface area contributed by atoms with E-state index in [0.29, 0.717) is 25.3 Å². The van der Waals surface area contributed by atoms with E-state index in [4.69, 9.17) is 5.73 Å². The lowest BCUT2D eigenvalue weighted by Gasteiger charge is -2.38. The molecule has 4 atom stereocenters. The molecule has 2 heterocycles. The lowest BCUT2D eigenvalue weighted by Crippen LogP contribution is -2.58. The lowest BCUT2D eigenvalue weighted by molar-refractivity contribution is -0.144. The predicted molar refractivity (Wildman–Crippen MR) is 157 cm³/mol. The van der Waals surface area contributed by atoms with Crippen LogP contribution in [-0.4, -0.2) is 58.1 Å². The average Bonchev–Trinajstić information content (AvgIpc) is 3.46. The molecule has 3 amide bonds. The Labute approximate surface area is 242 Å². The Kier molecular flexibility index (Phi) is 9.58. The third kappa shape index (κ3) is 6.86. The molecule has 222 valence electrons. The summed E-state index contributed by atoms with van der Waals surface area (Å²) in [6.45, 7) is 10.7. The van der Waals surface area contributed by atoms with E-state index >= 15 is 0 Å². The lowest BCUT2D eigenvalue weighted by atomic mass is 9.75. The number of likely N-dealkylation sites (tertiary alicyclic amines) is 1. The van der Waals surface area contributed by atoms with Gasteiger partial charge >= 0.3 is 0 Å². The molecule has 10 heteroatoms. The fraction of sp³-hybridized carbons (Fsp3) is 0.767. The van der Waals surface area contributed by atoms with Crippen molar-refractivity contribution in [1.29, 1.82) is 0 Å². The van der Waals surface area contributed by atoms with E-state index in [1.54, 1.807) is 16.2 Å². The molecule has 0 bridgehead atoms. The van der Waals surface area contributed by atoms with Crippen LogP contribution < -0.4 is 16.4 Å². The Hall–Kier alpha value is -2.49. The third-order valence-corrected chi connectivity index (χ3v) is 10.4. The zero-order chi connectivity index (χ0) is 29.2. The first-order valence-electron chi connectivity index (χ1n) is 15.0. The second kappa shape index (κ2) is 12.6. The van der Waals surface area contributed by atoms with Crippen LogP contribution in [0, 0.1) is 37.0 Å². The molecule has 4 N–H and O–H groups in total. The Bertz CT molecular complexity index is 1080. The van der Waals surface area contributed by atoms with Crippen molar-refractivity contribution in [2.75, 3.05) is 11.9 Å². The summed E-state index contributed by atoms with van der Waals surface area (Å²) in [5.41, 5.74) is 6.07. The number of thiazole rings is 1. The number of ketones is 1. The number of carbonyl (C=O) groups excluding carboxylic acids is 4. The van der Waals surface area contributed by atoms with Crippen LogP contribution in [0.2, 0.25) is 0 Å². The van der Waals surface area contributed by atoms with E-state index in [1.807, 2.05) is 13.8 Å². The predicted octanol–water partition coefficient (Wildman–Crippen LogP) is 4.11. The number of nitrogens with one attached hydrogen (secondary N) is 2. The van der Waals surface area contributed by atoms with E-state index in [9.17, 15) is 19.2 Å². The number of primary amides is 1. The number of aromatic nitrogens is 1. The zero-order valence-corrected chi connectivity index (χ0v) is 25.6. The highest BCUT2D eigenvalue weighted by Gasteiger charge is 2.49. The van der Waals surface area contributed by atoms with Crippen molar-refractivity contribution in [1.82, 2.24) is 15.2 Å². The minimum atomic E-state index is -1.04. The summed E-state index contributed by atoms with van der Waals surface area (Å²) in [6, 6.07) is -2.16. The second-order valence-electron chi connectivity index (χ2n) is 13.2. The summed E-state index contributed by atoms with van der Waals surface area (Å²) < 4.78 is 0. The maximum Gasteiger partial charge on any atom is 0.287 e. The van der Waals surface area contributed by atoms with Gasteiger partial charge in [0.1, 0.15) is 12.1 Å². The molecular formula is C30H47N5O4S. The molecule has 0 aromatic carbocycles. The van der Waals surface area contributed by atoms with Gasteiger partial charge in [-0.25, -0.2) is 4.98 Å². The van der Waals surface area contributed by atoms with Gasteiger partial charge in [0.05, 0.1) is 11.7 Å². The molecule has 1 saturated heterocycles. The van der Waals surface area contributed by atoms with Gasteiger partial charge in [-0.05, 0) is 62.7 Å². The maximum atomic E-state index is 14.4. The van der Waals surface area contributed by atoms with Gasteiger partial charge in [0.15, 0.2) is 5.13 Å². The Morgan fingerprint density at radius 2 is 1.70 bits per heavy atom. The highest BCUT2D eigenvalue weighted by Crippen LogP contribution is 2.41. The number of hydrogen-bond acceptors (Lipinski definition) is 7. The van der Waals surface area contributed by atoms with Crippen LogP contribution >= 0.6 is 11.3 Å². The monoisotopic (exact) mass is 573 g/mol. The van der Waals surface area contributed by atoms with Crippen molar-refractivity contribution < 1.29 is 19.2 Å². The molecule has 1 aromatic rings. The highest BCUT2D eigenvalue weighted by atomic mass is 32.1. The normalized spacial score (nSPS) is 23.8. The molecule has 1 aromatic heterocycles. The summed E-state index contributed by atoms with van der Waals surface area (Å²) in [5.74, 6) is -1.90. The van der Waals surface area contributed by atoms with Gasteiger partial charge in [-0.2, -0.15) is 0 Å². The van der Waals surface area contributed by atoms with Crippen molar-refractivity contribution >= 4 is 40.0 Å². The summed E-state index contributed by atoms with van der Waals surface area (Å²) in [6.07, 6.45) is 9.37. The Morgan fingerprint density at radius 1 is 1.02 bits per heavy atom. The van der Waals surface area contributed by atoms with Crippen LogP contribution in [-0.2, 0) is 19.2 Å². The van der Waals surface area contributed by atoms with E-state index in [0.717, 1.165) is 60.6 Å². The molecule has 2 aliphatic carbocycles. The quantitative estimate of drug-likeness (QED) is 0.361. The smallest absolute Gasteiger partial charge is 0.287 e. The van der Waals surface area contributed by atoms with Gasteiger partial charge in [-0.1, -0.05) is 59.3 Å². The molecular weight excluding hydrogens is 526 g/mol. The summed E-state index contributed by atoms with van der Waals surface area (Å²) in [4.78, 5) is 60.5. The van der Waals surface area contributed by atoms with Gasteiger partial charge in [0.25, 0.3) is 5.91 Å². The fourth-order valence-electron chi connectivity index (χ4n) is 6.69. The van der Waals surface area contributed by atoms with Crippen LogP contribution in [0.15, 0.2) is 0 Å². The van der Waals surface area contributed by atoms with Crippen molar-refractivity contribution in [3.63, 3.8) is 0 Å². The Balaban J connectivity index is 1.61. The van der Waals surface area contributed by atoms with Gasteiger partial charge in [0.2, 0.25) is 17.6 Å². The minimum absolute atomic E-state index is 0.0823. The van der Waals surface area contributed by atoms with Gasteiger partial charge in [0, 0.05) is 11.4 Å². The number of aryl methyl sites for hydroxylation is 2. The minimum Gasteiger partial charge on any atom is -0.363 e. The standard InChI is InChI=1S/C30H47N5O4S/c1-17-18(2)40-29(32-17)34-23(20-12-7-6-8-13-20)28(39)35-15-14-21(30(3,4)5)24(35)27(38)33-22(25(36)26(31)37)16-19-10-9-11-19/h19-24H,6-16H2,1-5H3,(H2,31,37)(H,32,34)(H,33,38)/t21?,22?,23-,24-/m0/s1. The first kappa shape index (κ1) is 30.5. The van der Waals surface area contributed by atoms with E-state index in [1.165, 1.54) is 6.42 Å². The number of amides is 3. The molecule has 0 spiro atoms. The van der Waals surface area contributed by atoms with Crippen LogP contribution in [0.25, 0.3) is 0 Å². The largest absolute Gasteiger partial charge is 0.363 e. The SMILES string of the molecule is Cc1nc(N[C@H](C(=O)N2CCC(C(C)(C)C)[C@H]2C(=O)NC(CC2CCC2)C(=O)C(N)=O)C2CCCCC2)sc1C. The van der Waals surface area contributed by atoms with Crippen molar-refractivity contribution in [3.8, 4) is 0 Å². The van der Waals surface area contributed by atoms with E-state index in [2.05, 4.69) is 36.4 Å². The molecule has 2 saturated carbocycles. The number of carbonyl (C=O) groups is 4. The zero-order valence-electron chi connectivity index (χ0n) is 24.8. The molecule has 9 nitrogen and oxygen atoms in total. The van der Waals surface area contributed by atoms with E-state index in [-0.39, 0.29) is 29.1 Å². The van der Waals surface area contributed by atoms with Gasteiger partial charge in [-0.15, -0.1) is 11.3 Å². The number of rotatable bonds is 10. The first-order valence-corrected chi connectivity index (χ1v) is 15.8. The Morgan fingerprint density at radius 3 is 2.23 bits per heavy atom. The van der Waals surface area contributed by atoms with Crippen molar-refractivity contribution in [3.05, 3.63) is 10.6 Å². The summed E-state index contributed by atoms with van der Waals surface area (Å²) in [5, 5.41) is 7.11. The van der Waals surface area contributed by atoms with Gasteiger partial charge in [-0.3, -0.25) is 19.2 Å². The molecule has 4 rings (SSSR count). The van der Waals surface area contributed by atoms with Crippen LogP contribution in [0.1, 0.15) is 95.6 Å². The summed E-state index contributed by atoms with van der Waals surface area (Å²) in [7, 11) is 0. The van der Waals surface area contributed by atoms with Crippen LogP contribution in [0.4, 0.5) is 5.13 Å². The molecule has 1 aliphatic heterocycles. The number of anilines is 1.